The molecule has 3 rings (SSSR count). The summed E-state index contributed by atoms with van der Waals surface area (Å²) in [6.07, 6.45) is 0.943. The number of nitrogens with zero attached hydrogens (tertiary/aromatic N) is 1. The summed E-state index contributed by atoms with van der Waals surface area (Å²) in [4.78, 5) is 4.67. The zero-order chi connectivity index (χ0) is 12.4. The number of nitrogens with one attached hydrogen (secondary N) is 1. The molecule has 0 bridgehead atoms. The topological polar surface area (TPSA) is 24.4 Å². The van der Waals surface area contributed by atoms with E-state index >= 15 is 0 Å². The second-order valence-corrected chi connectivity index (χ2v) is 4.68. The molecule has 1 atom stereocenters. The SMILES string of the molecule is CC1=Nc2ccccc2N[C@@H](c2ccccc2)C1. The number of aliphatic imine (C=N–C) groups is 1. The Hall–Kier alpha value is -2.09. The summed E-state index contributed by atoms with van der Waals surface area (Å²) in [5, 5.41) is 3.59. The maximum absolute atomic E-state index is 4.67. The smallest absolute Gasteiger partial charge is 0.0860 e. The number of benzene rings is 2. The lowest BCUT2D eigenvalue weighted by molar-refractivity contribution is 0.826. The lowest BCUT2D eigenvalue weighted by Crippen LogP contribution is -2.12. The maximum Gasteiger partial charge on any atom is 0.0860 e. The zero-order valence-electron chi connectivity index (χ0n) is 10.4. The van der Waals surface area contributed by atoms with Gasteiger partial charge in [-0.3, -0.25) is 4.99 Å². The van der Waals surface area contributed by atoms with Crippen molar-refractivity contribution < 1.29 is 0 Å². The second kappa shape index (κ2) is 4.65. The number of fused-ring (bicyclic) bond motifs is 1. The van der Waals surface area contributed by atoms with E-state index in [2.05, 4.69) is 59.7 Å². The molecule has 1 N–H and O–H groups in total. The van der Waals surface area contributed by atoms with Crippen LogP contribution in [0.5, 0.6) is 0 Å². The van der Waals surface area contributed by atoms with Gasteiger partial charge in [0.25, 0.3) is 0 Å². The summed E-state index contributed by atoms with van der Waals surface area (Å²) >= 11 is 0. The Morgan fingerprint density at radius 3 is 2.56 bits per heavy atom. The normalized spacial score (nSPS) is 18.3. The predicted octanol–water partition coefficient (Wildman–Crippen LogP) is 4.34. The van der Waals surface area contributed by atoms with Gasteiger partial charge in [0.2, 0.25) is 0 Å². The van der Waals surface area contributed by atoms with Crippen molar-refractivity contribution in [3.63, 3.8) is 0 Å². The summed E-state index contributed by atoms with van der Waals surface area (Å²) in [7, 11) is 0. The van der Waals surface area contributed by atoms with Crippen LogP contribution in [0.3, 0.4) is 0 Å². The van der Waals surface area contributed by atoms with Gasteiger partial charge in [-0.15, -0.1) is 0 Å². The first-order chi connectivity index (χ1) is 8.83. The molecule has 1 heterocycles. The highest BCUT2D eigenvalue weighted by Gasteiger charge is 2.17. The molecule has 2 heteroatoms. The van der Waals surface area contributed by atoms with Gasteiger partial charge in [0.15, 0.2) is 0 Å². The molecule has 0 aliphatic carbocycles. The monoisotopic (exact) mass is 236 g/mol. The van der Waals surface area contributed by atoms with Crippen molar-refractivity contribution in [3.8, 4) is 0 Å². The first-order valence-electron chi connectivity index (χ1n) is 6.27. The second-order valence-electron chi connectivity index (χ2n) is 4.68. The molecule has 0 saturated carbocycles. The quantitative estimate of drug-likeness (QED) is 0.782. The van der Waals surface area contributed by atoms with E-state index in [1.54, 1.807) is 0 Å². The fraction of sp³-hybridized carbons (Fsp3) is 0.188. The first kappa shape index (κ1) is 11.0. The largest absolute Gasteiger partial charge is 0.376 e. The van der Waals surface area contributed by atoms with Crippen LogP contribution in [-0.2, 0) is 0 Å². The molecule has 1 aliphatic heterocycles. The minimum atomic E-state index is 0.304. The van der Waals surface area contributed by atoms with Crippen molar-refractivity contribution in [2.45, 2.75) is 19.4 Å². The molecule has 18 heavy (non-hydrogen) atoms. The van der Waals surface area contributed by atoms with Crippen LogP contribution in [0.25, 0.3) is 0 Å². The molecular weight excluding hydrogens is 220 g/mol. The van der Waals surface area contributed by atoms with E-state index in [9.17, 15) is 0 Å². The Kier molecular flexibility index (Phi) is 2.85. The Labute approximate surface area is 107 Å². The van der Waals surface area contributed by atoms with Gasteiger partial charge in [-0.2, -0.15) is 0 Å². The molecule has 0 amide bonds. The molecule has 0 radical (unpaired) electrons. The molecule has 2 nitrogen and oxygen atoms in total. The van der Waals surface area contributed by atoms with Gasteiger partial charge in [0.05, 0.1) is 17.4 Å². The minimum Gasteiger partial charge on any atom is -0.376 e. The molecule has 0 saturated heterocycles. The maximum atomic E-state index is 4.67. The molecule has 0 unspecified atom stereocenters. The zero-order valence-corrected chi connectivity index (χ0v) is 10.4. The van der Waals surface area contributed by atoms with Crippen LogP contribution < -0.4 is 5.32 Å². The first-order valence-corrected chi connectivity index (χ1v) is 6.27. The number of hydrogen-bond donors (Lipinski definition) is 1. The Morgan fingerprint density at radius 1 is 1.00 bits per heavy atom. The minimum absolute atomic E-state index is 0.304. The van der Waals surface area contributed by atoms with Crippen LogP contribution in [0.15, 0.2) is 59.6 Å². The fourth-order valence-electron chi connectivity index (χ4n) is 2.37. The van der Waals surface area contributed by atoms with Crippen molar-refractivity contribution in [3.05, 3.63) is 60.2 Å². The van der Waals surface area contributed by atoms with Crippen molar-refractivity contribution in [1.82, 2.24) is 0 Å². The summed E-state index contributed by atoms with van der Waals surface area (Å²) < 4.78 is 0. The third-order valence-electron chi connectivity index (χ3n) is 3.25. The Bertz CT molecular complexity index is 573. The predicted molar refractivity (Wildman–Crippen MR) is 76.6 cm³/mol. The molecule has 2 aromatic rings. The summed E-state index contributed by atoms with van der Waals surface area (Å²) in [5.74, 6) is 0. The van der Waals surface area contributed by atoms with Gasteiger partial charge in [-0.05, 0) is 24.6 Å². The molecular formula is C16H16N2. The van der Waals surface area contributed by atoms with E-state index in [1.807, 2.05) is 12.1 Å². The van der Waals surface area contributed by atoms with Crippen molar-refractivity contribution in [2.75, 3.05) is 5.32 Å². The van der Waals surface area contributed by atoms with Crippen molar-refractivity contribution >= 4 is 17.1 Å². The van der Waals surface area contributed by atoms with E-state index in [0.717, 1.165) is 17.8 Å². The molecule has 0 spiro atoms. The highest BCUT2D eigenvalue weighted by atomic mass is 15.0. The van der Waals surface area contributed by atoms with Crippen LogP contribution in [0, 0.1) is 0 Å². The van der Waals surface area contributed by atoms with Crippen LogP contribution in [0.2, 0.25) is 0 Å². The summed E-state index contributed by atoms with van der Waals surface area (Å²) in [6, 6.07) is 19.1. The third kappa shape index (κ3) is 2.14. The number of rotatable bonds is 1. The summed E-state index contributed by atoms with van der Waals surface area (Å²) in [6.45, 7) is 2.10. The average Bonchev–Trinajstić information content (AvgIpc) is 2.57. The highest BCUT2D eigenvalue weighted by Crippen LogP contribution is 2.33. The van der Waals surface area contributed by atoms with Gasteiger partial charge in [0.1, 0.15) is 0 Å². The number of anilines is 1. The fourth-order valence-corrected chi connectivity index (χ4v) is 2.37. The van der Waals surface area contributed by atoms with E-state index in [-0.39, 0.29) is 0 Å². The summed E-state index contributed by atoms with van der Waals surface area (Å²) in [5.41, 5.74) is 4.63. The van der Waals surface area contributed by atoms with Crippen molar-refractivity contribution in [2.24, 2.45) is 4.99 Å². The average molecular weight is 236 g/mol. The highest BCUT2D eigenvalue weighted by molar-refractivity contribution is 5.89. The standard InChI is InChI=1S/C16H16N2/c1-12-11-16(13-7-3-2-4-8-13)18-15-10-6-5-9-14(15)17-12/h2-10,16,18H,11H2,1H3/t16-/m1/s1. The van der Waals surface area contributed by atoms with Crippen LogP contribution >= 0.6 is 0 Å². The molecule has 0 aromatic heterocycles. The van der Waals surface area contributed by atoms with Gasteiger partial charge >= 0.3 is 0 Å². The number of para-hydroxylation sites is 2. The lowest BCUT2D eigenvalue weighted by Gasteiger charge is -2.18. The van der Waals surface area contributed by atoms with Gasteiger partial charge in [-0.1, -0.05) is 42.5 Å². The van der Waals surface area contributed by atoms with Crippen molar-refractivity contribution in [1.29, 1.82) is 0 Å². The Balaban J connectivity index is 2.00. The molecule has 2 aromatic carbocycles. The molecule has 1 aliphatic rings. The van der Waals surface area contributed by atoms with Gasteiger partial charge < -0.3 is 5.32 Å². The van der Waals surface area contributed by atoms with E-state index in [0.29, 0.717) is 6.04 Å². The molecule has 90 valence electrons. The van der Waals surface area contributed by atoms with Crippen LogP contribution in [0.1, 0.15) is 24.9 Å². The third-order valence-corrected chi connectivity index (χ3v) is 3.25. The van der Waals surface area contributed by atoms with Crippen LogP contribution in [0.4, 0.5) is 11.4 Å². The van der Waals surface area contributed by atoms with E-state index in [4.69, 9.17) is 0 Å². The lowest BCUT2D eigenvalue weighted by atomic mass is 10.0. The Morgan fingerprint density at radius 2 is 1.72 bits per heavy atom. The molecule has 0 fully saturated rings. The van der Waals surface area contributed by atoms with E-state index < -0.39 is 0 Å². The van der Waals surface area contributed by atoms with Gasteiger partial charge in [-0.25, -0.2) is 0 Å². The van der Waals surface area contributed by atoms with Gasteiger partial charge in [0, 0.05) is 12.1 Å². The van der Waals surface area contributed by atoms with E-state index in [1.165, 1.54) is 11.3 Å². The van der Waals surface area contributed by atoms with Crippen LogP contribution in [-0.4, -0.2) is 5.71 Å². The number of hydrogen-bond acceptors (Lipinski definition) is 2.